The van der Waals surface area contributed by atoms with Crippen molar-refractivity contribution in [2.24, 2.45) is 0 Å². The number of morpholine rings is 1. The first-order valence-electron chi connectivity index (χ1n) is 5.62. The Balaban J connectivity index is 1.92. The summed E-state index contributed by atoms with van der Waals surface area (Å²) in [7, 11) is 0. The molecule has 0 spiro atoms. The highest BCUT2D eigenvalue weighted by Gasteiger charge is 2.19. The second-order valence-electron chi connectivity index (χ2n) is 4.04. The van der Waals surface area contributed by atoms with Crippen LogP contribution in [-0.2, 0) is 11.3 Å². The van der Waals surface area contributed by atoms with E-state index in [0.29, 0.717) is 0 Å². The van der Waals surface area contributed by atoms with Crippen LogP contribution in [0.2, 0.25) is 0 Å². The minimum Gasteiger partial charge on any atom is -0.374 e. The molecule has 1 aromatic rings. The fourth-order valence-electron chi connectivity index (χ4n) is 1.96. The van der Waals surface area contributed by atoms with Crippen LogP contribution in [0.3, 0.4) is 0 Å². The smallest absolute Gasteiger partial charge is 0.0898 e. The van der Waals surface area contributed by atoms with Crippen LogP contribution in [0.4, 0.5) is 0 Å². The van der Waals surface area contributed by atoms with E-state index in [0.717, 1.165) is 32.8 Å². The van der Waals surface area contributed by atoms with E-state index in [1.54, 1.807) is 0 Å². The van der Waals surface area contributed by atoms with Crippen LogP contribution in [-0.4, -0.2) is 47.0 Å². The number of hydrogen-bond donors (Lipinski definition) is 0. The van der Waals surface area contributed by atoms with Crippen molar-refractivity contribution >= 4 is 0 Å². The lowest BCUT2D eigenvalue weighted by Gasteiger charge is -2.32. The quantitative estimate of drug-likeness (QED) is 0.741. The van der Waals surface area contributed by atoms with E-state index in [1.807, 2.05) is 16.9 Å². The zero-order valence-electron chi connectivity index (χ0n) is 9.52. The van der Waals surface area contributed by atoms with Crippen LogP contribution < -0.4 is 0 Å². The van der Waals surface area contributed by atoms with E-state index in [4.69, 9.17) is 4.74 Å². The minimum absolute atomic E-state index is 0.289. The van der Waals surface area contributed by atoms with Crippen molar-refractivity contribution in [1.29, 1.82) is 0 Å². The monoisotopic (exact) mass is 209 g/mol. The Morgan fingerprint density at radius 3 is 3.13 bits per heavy atom. The molecular weight excluding hydrogens is 190 g/mol. The molecule has 0 radical (unpaired) electrons. The van der Waals surface area contributed by atoms with Gasteiger partial charge in [-0.05, 0) is 19.5 Å². The standard InChI is InChI=1S/C11H19N3O/c1-3-13-6-7-15-11(8-13)9-14-10(2)4-5-12-14/h4-5,11H,3,6-9H2,1-2H3. The molecule has 1 aliphatic heterocycles. The molecular formula is C11H19N3O. The molecule has 1 aromatic heterocycles. The number of aromatic nitrogens is 2. The zero-order chi connectivity index (χ0) is 10.7. The van der Waals surface area contributed by atoms with E-state index >= 15 is 0 Å². The third-order valence-electron chi connectivity index (χ3n) is 2.98. The van der Waals surface area contributed by atoms with Crippen molar-refractivity contribution in [3.05, 3.63) is 18.0 Å². The maximum absolute atomic E-state index is 5.74. The first kappa shape index (κ1) is 10.6. The Morgan fingerprint density at radius 2 is 2.47 bits per heavy atom. The highest BCUT2D eigenvalue weighted by molar-refractivity contribution is 4.96. The van der Waals surface area contributed by atoms with E-state index < -0.39 is 0 Å². The summed E-state index contributed by atoms with van der Waals surface area (Å²) in [6.07, 6.45) is 2.13. The summed E-state index contributed by atoms with van der Waals surface area (Å²) < 4.78 is 7.75. The summed E-state index contributed by atoms with van der Waals surface area (Å²) in [5.74, 6) is 0. The van der Waals surface area contributed by atoms with Crippen molar-refractivity contribution in [2.45, 2.75) is 26.5 Å². The predicted octanol–water partition coefficient (Wildman–Crippen LogP) is 0.912. The van der Waals surface area contributed by atoms with Gasteiger partial charge in [-0.2, -0.15) is 5.10 Å². The van der Waals surface area contributed by atoms with Gasteiger partial charge in [-0.3, -0.25) is 9.58 Å². The first-order chi connectivity index (χ1) is 7.29. The number of ether oxygens (including phenoxy) is 1. The van der Waals surface area contributed by atoms with E-state index in [2.05, 4.69) is 23.8 Å². The van der Waals surface area contributed by atoms with Crippen molar-refractivity contribution in [3.63, 3.8) is 0 Å². The maximum Gasteiger partial charge on any atom is 0.0898 e. The topological polar surface area (TPSA) is 30.3 Å². The molecule has 0 aliphatic carbocycles. The van der Waals surface area contributed by atoms with Gasteiger partial charge in [-0.15, -0.1) is 0 Å². The lowest BCUT2D eigenvalue weighted by atomic mass is 10.2. The van der Waals surface area contributed by atoms with E-state index in [1.165, 1.54) is 5.69 Å². The Bertz CT molecular complexity index is 311. The molecule has 0 aromatic carbocycles. The fraction of sp³-hybridized carbons (Fsp3) is 0.727. The molecule has 1 unspecified atom stereocenters. The van der Waals surface area contributed by atoms with Gasteiger partial charge >= 0.3 is 0 Å². The molecule has 1 fully saturated rings. The van der Waals surface area contributed by atoms with E-state index in [-0.39, 0.29) is 6.10 Å². The lowest BCUT2D eigenvalue weighted by Crippen LogP contribution is -2.44. The predicted molar refractivity (Wildman–Crippen MR) is 58.8 cm³/mol. The Kier molecular flexibility index (Phi) is 3.38. The fourth-order valence-corrected chi connectivity index (χ4v) is 1.96. The summed E-state index contributed by atoms with van der Waals surface area (Å²) in [5.41, 5.74) is 1.20. The molecule has 15 heavy (non-hydrogen) atoms. The number of likely N-dealkylation sites (N-methyl/N-ethyl adjacent to an activating group) is 1. The van der Waals surface area contributed by atoms with Gasteiger partial charge in [0.25, 0.3) is 0 Å². The van der Waals surface area contributed by atoms with Crippen LogP contribution >= 0.6 is 0 Å². The molecule has 1 saturated heterocycles. The maximum atomic E-state index is 5.74. The third-order valence-corrected chi connectivity index (χ3v) is 2.98. The summed E-state index contributed by atoms with van der Waals surface area (Å²) in [6, 6.07) is 2.03. The summed E-state index contributed by atoms with van der Waals surface area (Å²) in [6.45, 7) is 9.18. The van der Waals surface area contributed by atoms with Gasteiger partial charge in [0.2, 0.25) is 0 Å². The number of nitrogens with zero attached hydrogens (tertiary/aromatic N) is 3. The molecule has 0 N–H and O–H groups in total. The second-order valence-corrected chi connectivity index (χ2v) is 4.04. The molecule has 4 heteroatoms. The zero-order valence-corrected chi connectivity index (χ0v) is 9.52. The van der Waals surface area contributed by atoms with Gasteiger partial charge in [0, 0.05) is 25.0 Å². The summed E-state index contributed by atoms with van der Waals surface area (Å²) in [5, 5.41) is 4.28. The van der Waals surface area contributed by atoms with Gasteiger partial charge in [0.05, 0.1) is 19.3 Å². The van der Waals surface area contributed by atoms with Gasteiger partial charge in [0.15, 0.2) is 0 Å². The van der Waals surface area contributed by atoms with Crippen LogP contribution in [0, 0.1) is 6.92 Å². The van der Waals surface area contributed by atoms with Gasteiger partial charge in [-0.25, -0.2) is 0 Å². The summed E-state index contributed by atoms with van der Waals surface area (Å²) in [4.78, 5) is 2.42. The van der Waals surface area contributed by atoms with Crippen molar-refractivity contribution in [2.75, 3.05) is 26.2 Å². The molecule has 84 valence electrons. The van der Waals surface area contributed by atoms with Gasteiger partial charge < -0.3 is 4.74 Å². The highest BCUT2D eigenvalue weighted by Crippen LogP contribution is 2.08. The minimum atomic E-state index is 0.289. The molecule has 4 nitrogen and oxygen atoms in total. The molecule has 2 rings (SSSR count). The Hall–Kier alpha value is -0.870. The average molecular weight is 209 g/mol. The van der Waals surface area contributed by atoms with Crippen molar-refractivity contribution in [1.82, 2.24) is 14.7 Å². The van der Waals surface area contributed by atoms with E-state index in [9.17, 15) is 0 Å². The first-order valence-corrected chi connectivity index (χ1v) is 5.62. The van der Waals surface area contributed by atoms with Crippen LogP contribution in [0.25, 0.3) is 0 Å². The van der Waals surface area contributed by atoms with Crippen LogP contribution in [0.5, 0.6) is 0 Å². The largest absolute Gasteiger partial charge is 0.374 e. The molecule has 1 atom stereocenters. The van der Waals surface area contributed by atoms with Crippen LogP contribution in [0.15, 0.2) is 12.3 Å². The molecule has 0 bridgehead atoms. The van der Waals surface area contributed by atoms with Crippen molar-refractivity contribution in [3.8, 4) is 0 Å². The van der Waals surface area contributed by atoms with Crippen molar-refractivity contribution < 1.29 is 4.74 Å². The SMILES string of the molecule is CCN1CCOC(Cn2nccc2C)C1. The molecule has 2 heterocycles. The Labute approximate surface area is 90.8 Å². The number of hydrogen-bond acceptors (Lipinski definition) is 3. The number of aryl methyl sites for hydroxylation is 1. The highest BCUT2D eigenvalue weighted by atomic mass is 16.5. The van der Waals surface area contributed by atoms with Gasteiger partial charge in [-0.1, -0.05) is 6.92 Å². The van der Waals surface area contributed by atoms with Crippen LogP contribution in [0.1, 0.15) is 12.6 Å². The Morgan fingerprint density at radius 1 is 1.60 bits per heavy atom. The molecule has 1 aliphatic rings. The normalized spacial score (nSPS) is 23.2. The summed E-state index contributed by atoms with van der Waals surface area (Å²) >= 11 is 0. The molecule has 0 amide bonds. The number of rotatable bonds is 3. The lowest BCUT2D eigenvalue weighted by molar-refractivity contribution is -0.0360. The average Bonchev–Trinajstić information content (AvgIpc) is 2.65. The molecule has 0 saturated carbocycles. The third kappa shape index (κ3) is 2.58. The van der Waals surface area contributed by atoms with Gasteiger partial charge in [0.1, 0.15) is 0 Å². The second kappa shape index (κ2) is 4.77.